The number of methoxy groups -OCH3 is 1. The van der Waals surface area contributed by atoms with E-state index in [0.717, 1.165) is 6.20 Å². The predicted octanol–water partition coefficient (Wildman–Crippen LogP) is -2.22. The molecule has 2 rings (SSSR count). The molecule has 1 aromatic heterocycles. The summed E-state index contributed by atoms with van der Waals surface area (Å²) in [5.41, 5.74) is -1.48. The maximum Gasteiger partial charge on any atom is 0.325 e. The molecule has 1 aliphatic heterocycles. The number of hydrogen-bond acceptors (Lipinski definition) is 5. The average Bonchev–Trinajstić information content (AvgIpc) is 2.76. The van der Waals surface area contributed by atoms with E-state index in [0.29, 0.717) is 13.1 Å². The lowest BCUT2D eigenvalue weighted by Crippen LogP contribution is -2.45. The average molecular weight is 254 g/mol. The molecule has 1 saturated heterocycles. The van der Waals surface area contributed by atoms with Crippen molar-refractivity contribution in [2.75, 3.05) is 20.2 Å². The third-order valence-corrected chi connectivity index (χ3v) is 2.84. The van der Waals surface area contributed by atoms with Crippen LogP contribution in [0.4, 0.5) is 0 Å². The van der Waals surface area contributed by atoms with Crippen molar-refractivity contribution < 1.29 is 9.53 Å². The van der Waals surface area contributed by atoms with Gasteiger partial charge in [0.1, 0.15) is 5.56 Å². The highest BCUT2D eigenvalue weighted by Gasteiger charge is 2.29. The van der Waals surface area contributed by atoms with Crippen molar-refractivity contribution in [2.24, 2.45) is 0 Å². The molecule has 1 aromatic rings. The molecule has 0 saturated carbocycles. The molecule has 98 valence electrons. The molecule has 1 aliphatic rings. The Balaban J connectivity index is 2.12. The van der Waals surface area contributed by atoms with E-state index in [1.807, 2.05) is 4.98 Å². The van der Waals surface area contributed by atoms with E-state index in [9.17, 15) is 14.4 Å². The highest BCUT2D eigenvalue weighted by atomic mass is 16.5. The number of amides is 1. The molecule has 1 fully saturated rings. The topological polar surface area (TPSA) is 116 Å². The van der Waals surface area contributed by atoms with Crippen LogP contribution in [0.1, 0.15) is 10.4 Å². The first-order valence-corrected chi connectivity index (χ1v) is 5.48. The third-order valence-electron chi connectivity index (χ3n) is 2.84. The van der Waals surface area contributed by atoms with E-state index in [4.69, 9.17) is 4.74 Å². The van der Waals surface area contributed by atoms with E-state index in [1.54, 1.807) is 7.11 Å². The van der Waals surface area contributed by atoms with Crippen LogP contribution in [0.3, 0.4) is 0 Å². The summed E-state index contributed by atoms with van der Waals surface area (Å²) in [5, 5.41) is 5.76. The van der Waals surface area contributed by atoms with Crippen LogP contribution in [0, 0.1) is 0 Å². The van der Waals surface area contributed by atoms with E-state index < -0.39 is 17.2 Å². The van der Waals surface area contributed by atoms with Gasteiger partial charge in [0.05, 0.1) is 12.1 Å². The maximum absolute atomic E-state index is 11.9. The van der Waals surface area contributed by atoms with Gasteiger partial charge in [0, 0.05) is 26.4 Å². The van der Waals surface area contributed by atoms with Crippen molar-refractivity contribution in [3.63, 3.8) is 0 Å². The molecular weight excluding hydrogens is 240 g/mol. The van der Waals surface area contributed by atoms with Gasteiger partial charge in [-0.15, -0.1) is 0 Å². The summed E-state index contributed by atoms with van der Waals surface area (Å²) in [5.74, 6) is -0.539. The van der Waals surface area contributed by atoms with Gasteiger partial charge in [0.25, 0.3) is 11.5 Å². The van der Waals surface area contributed by atoms with Crippen molar-refractivity contribution >= 4 is 5.91 Å². The van der Waals surface area contributed by atoms with E-state index in [2.05, 4.69) is 15.6 Å². The first-order valence-electron chi connectivity index (χ1n) is 5.48. The highest BCUT2D eigenvalue weighted by Crippen LogP contribution is 2.04. The molecule has 8 nitrogen and oxygen atoms in total. The first-order chi connectivity index (χ1) is 8.61. The Kier molecular flexibility index (Phi) is 3.58. The van der Waals surface area contributed by atoms with Gasteiger partial charge in [-0.05, 0) is 0 Å². The van der Waals surface area contributed by atoms with Crippen LogP contribution in [0.15, 0.2) is 15.8 Å². The Morgan fingerprint density at radius 3 is 2.89 bits per heavy atom. The van der Waals surface area contributed by atoms with Crippen molar-refractivity contribution in [1.29, 1.82) is 0 Å². The molecule has 18 heavy (non-hydrogen) atoms. The van der Waals surface area contributed by atoms with Gasteiger partial charge >= 0.3 is 5.69 Å². The third kappa shape index (κ3) is 2.49. The predicted molar refractivity (Wildman–Crippen MR) is 62.6 cm³/mol. The largest absolute Gasteiger partial charge is 0.378 e. The van der Waals surface area contributed by atoms with Gasteiger partial charge in [-0.1, -0.05) is 0 Å². The molecule has 8 heteroatoms. The molecule has 0 spiro atoms. The Hall–Kier alpha value is -1.93. The summed E-state index contributed by atoms with van der Waals surface area (Å²) in [6, 6.07) is -0.200. The number of carbonyl (C=O) groups is 1. The zero-order valence-electron chi connectivity index (χ0n) is 9.78. The second-order valence-electron chi connectivity index (χ2n) is 4.00. The van der Waals surface area contributed by atoms with Crippen LogP contribution in [0.5, 0.6) is 0 Å². The molecule has 2 heterocycles. The van der Waals surface area contributed by atoms with Gasteiger partial charge < -0.3 is 20.4 Å². The van der Waals surface area contributed by atoms with Crippen LogP contribution in [0.25, 0.3) is 0 Å². The van der Waals surface area contributed by atoms with Crippen molar-refractivity contribution in [1.82, 2.24) is 20.6 Å². The lowest BCUT2D eigenvalue weighted by Gasteiger charge is -2.18. The lowest BCUT2D eigenvalue weighted by molar-refractivity contribution is 0.0778. The zero-order chi connectivity index (χ0) is 13.1. The van der Waals surface area contributed by atoms with Gasteiger partial charge in [0.2, 0.25) is 0 Å². The second-order valence-corrected chi connectivity index (χ2v) is 4.00. The summed E-state index contributed by atoms with van der Waals surface area (Å²) in [4.78, 5) is 38.4. The van der Waals surface area contributed by atoms with Crippen molar-refractivity contribution in [3.8, 4) is 0 Å². The summed E-state index contributed by atoms with van der Waals surface area (Å²) >= 11 is 0. The SMILES string of the molecule is CO[C@@H]1CNCC1NC(=O)c1c[nH]c(=O)[nH]c1=O. The smallest absolute Gasteiger partial charge is 0.325 e. The Bertz CT molecular complexity index is 549. The minimum atomic E-state index is -0.712. The van der Waals surface area contributed by atoms with Crippen LogP contribution < -0.4 is 21.9 Å². The standard InChI is InChI=1S/C10H14N4O4/c1-18-7-4-11-3-6(7)13-8(15)5-2-12-10(17)14-9(5)16/h2,6-7,11H,3-4H2,1H3,(H,13,15)(H2,12,14,16,17)/t6?,7-/m1/s1. The monoisotopic (exact) mass is 254 g/mol. The minimum absolute atomic E-state index is 0.128. The summed E-state index contributed by atoms with van der Waals surface area (Å²) in [6.07, 6.45) is 0.969. The number of aromatic nitrogens is 2. The number of rotatable bonds is 3. The van der Waals surface area contributed by atoms with Gasteiger partial charge in [0.15, 0.2) is 0 Å². The van der Waals surface area contributed by atoms with Gasteiger partial charge in [-0.25, -0.2) is 4.79 Å². The minimum Gasteiger partial charge on any atom is -0.378 e. The Morgan fingerprint density at radius 2 is 2.22 bits per heavy atom. The molecule has 1 unspecified atom stereocenters. The van der Waals surface area contributed by atoms with Crippen molar-refractivity contribution in [2.45, 2.75) is 12.1 Å². The fourth-order valence-corrected chi connectivity index (χ4v) is 1.87. The van der Waals surface area contributed by atoms with Crippen LogP contribution >= 0.6 is 0 Å². The summed E-state index contributed by atoms with van der Waals surface area (Å²) in [7, 11) is 1.56. The molecule has 0 aliphatic carbocycles. The zero-order valence-corrected chi connectivity index (χ0v) is 9.78. The van der Waals surface area contributed by atoms with Crippen LogP contribution in [0.2, 0.25) is 0 Å². The fraction of sp³-hybridized carbons (Fsp3) is 0.500. The normalized spacial score (nSPS) is 22.9. The molecule has 0 bridgehead atoms. The Labute approximate surface area is 102 Å². The molecule has 2 atom stereocenters. The van der Waals surface area contributed by atoms with E-state index in [1.165, 1.54) is 0 Å². The molecule has 0 aromatic carbocycles. The number of H-pyrrole nitrogens is 2. The molecular formula is C10H14N4O4. The summed E-state index contributed by atoms with van der Waals surface area (Å²) < 4.78 is 5.19. The first kappa shape index (κ1) is 12.5. The second kappa shape index (κ2) is 5.15. The van der Waals surface area contributed by atoms with Gasteiger partial charge in [-0.2, -0.15) is 0 Å². The number of ether oxygens (including phenoxy) is 1. The van der Waals surface area contributed by atoms with Crippen molar-refractivity contribution in [3.05, 3.63) is 32.6 Å². The molecule has 4 N–H and O–H groups in total. The highest BCUT2D eigenvalue weighted by molar-refractivity contribution is 5.93. The Morgan fingerprint density at radius 1 is 1.44 bits per heavy atom. The molecule has 0 radical (unpaired) electrons. The van der Waals surface area contributed by atoms with E-state index in [-0.39, 0.29) is 17.7 Å². The summed E-state index contributed by atoms with van der Waals surface area (Å²) in [6.45, 7) is 1.22. The van der Waals surface area contributed by atoms with Crippen LogP contribution in [-0.4, -0.2) is 48.2 Å². The molecule has 1 amide bonds. The number of aromatic amines is 2. The fourth-order valence-electron chi connectivity index (χ4n) is 1.87. The lowest BCUT2D eigenvalue weighted by atomic mass is 10.2. The number of nitrogens with one attached hydrogen (secondary N) is 4. The van der Waals surface area contributed by atoms with Gasteiger partial charge in [-0.3, -0.25) is 14.6 Å². The number of hydrogen-bond donors (Lipinski definition) is 4. The quantitative estimate of drug-likeness (QED) is 0.487. The van der Waals surface area contributed by atoms with Crippen LogP contribution in [-0.2, 0) is 4.74 Å². The number of carbonyl (C=O) groups excluding carboxylic acids is 1. The maximum atomic E-state index is 11.9. The van der Waals surface area contributed by atoms with E-state index >= 15 is 0 Å².